The van der Waals surface area contributed by atoms with Gasteiger partial charge in [0.2, 0.25) is 11.8 Å². The summed E-state index contributed by atoms with van der Waals surface area (Å²) in [5, 5.41) is 0. The molecular weight excluding hydrogens is 568 g/mol. The van der Waals surface area contributed by atoms with Crippen LogP contribution in [0.3, 0.4) is 0 Å². The Kier molecular flexibility index (Phi) is 7.72. The minimum atomic E-state index is -3.32. The minimum absolute atomic E-state index is 0.00625. The number of nitrogens with zero attached hydrogens (tertiary/aromatic N) is 3. The molecule has 4 aliphatic rings. The zero-order valence-electron chi connectivity index (χ0n) is 26.2. The molecule has 0 N–H and O–H groups in total. The number of hydrogen-bond acceptors (Lipinski definition) is 7. The van der Waals surface area contributed by atoms with Gasteiger partial charge in [0.05, 0.1) is 36.0 Å². The smallest absolute Gasteiger partial charge is 0.307 e. The number of hydrogen-bond donors (Lipinski definition) is 0. The van der Waals surface area contributed by atoms with Gasteiger partial charge in [-0.05, 0) is 62.0 Å². The van der Waals surface area contributed by atoms with Gasteiger partial charge in [0.15, 0.2) is 5.69 Å². The standard InChI is InChI=1S/C34H43F2N3O5/c1-19-26(18-40)39-17-27(19)43-30-29(37-24-11-6-7-12-25(24)38-30)34(35,36)13-9-8-10-22-21-14-20(21)16-33(22,5)44-28(41)15-23(31(39)42)32(2,3)4/h6-7,11-12,18-23,26-27H,8-10,13-17H2,1-5H3/t19-,20?,21?,22+,23+,26+,27-,33+/m0/s1. The fourth-order valence-corrected chi connectivity index (χ4v) is 8.03. The van der Waals surface area contributed by atoms with Crippen LogP contribution in [0.5, 0.6) is 5.88 Å². The third kappa shape index (κ3) is 5.58. The summed E-state index contributed by atoms with van der Waals surface area (Å²) in [6.45, 7) is 9.41. The van der Waals surface area contributed by atoms with Crippen molar-refractivity contribution in [2.75, 3.05) is 6.54 Å². The van der Waals surface area contributed by atoms with Crippen LogP contribution >= 0.6 is 0 Å². The number of halogens is 2. The Bertz CT molecular complexity index is 1460. The molecule has 44 heavy (non-hydrogen) atoms. The molecule has 1 amide bonds. The molecule has 8 nitrogen and oxygen atoms in total. The zero-order chi connectivity index (χ0) is 31.6. The van der Waals surface area contributed by atoms with E-state index in [1.165, 1.54) is 4.90 Å². The summed E-state index contributed by atoms with van der Waals surface area (Å²) < 4.78 is 44.4. The van der Waals surface area contributed by atoms with E-state index >= 15 is 8.78 Å². The summed E-state index contributed by atoms with van der Waals surface area (Å²) in [4.78, 5) is 50.3. The Hall–Kier alpha value is -3.17. The number of carbonyl (C=O) groups excluding carboxylic acids is 3. The molecule has 2 bridgehead atoms. The predicted octanol–water partition coefficient (Wildman–Crippen LogP) is 6.10. The van der Waals surface area contributed by atoms with Crippen LogP contribution in [-0.4, -0.2) is 57.3 Å². The van der Waals surface area contributed by atoms with Gasteiger partial charge < -0.3 is 19.2 Å². The number of esters is 1. The Morgan fingerprint density at radius 1 is 1.09 bits per heavy atom. The molecule has 2 aliphatic carbocycles. The number of amides is 1. The second-order valence-corrected chi connectivity index (χ2v) is 14.8. The van der Waals surface area contributed by atoms with E-state index in [0.29, 0.717) is 42.0 Å². The van der Waals surface area contributed by atoms with Crippen molar-refractivity contribution in [1.29, 1.82) is 0 Å². The first-order valence-electron chi connectivity index (χ1n) is 16.0. The minimum Gasteiger partial charge on any atom is -0.471 e. The van der Waals surface area contributed by atoms with Gasteiger partial charge in [-0.25, -0.2) is 9.97 Å². The molecule has 1 aromatic carbocycles. The lowest BCUT2D eigenvalue weighted by atomic mass is 9.77. The van der Waals surface area contributed by atoms with E-state index < -0.39 is 59.0 Å². The molecule has 1 saturated heterocycles. The number of para-hydroxylation sites is 2. The zero-order valence-corrected chi connectivity index (χ0v) is 26.2. The lowest BCUT2D eigenvalue weighted by molar-refractivity contribution is -0.168. The van der Waals surface area contributed by atoms with Crippen molar-refractivity contribution >= 4 is 29.2 Å². The van der Waals surface area contributed by atoms with Crippen LogP contribution < -0.4 is 4.74 Å². The van der Waals surface area contributed by atoms with E-state index in [9.17, 15) is 14.4 Å². The second-order valence-electron chi connectivity index (χ2n) is 14.8. The maximum Gasteiger partial charge on any atom is 0.307 e. The van der Waals surface area contributed by atoms with Crippen molar-refractivity contribution in [1.82, 2.24) is 14.9 Å². The van der Waals surface area contributed by atoms with E-state index in [2.05, 4.69) is 9.97 Å². The molecule has 2 aromatic rings. The van der Waals surface area contributed by atoms with Crippen LogP contribution in [0.15, 0.2) is 24.3 Å². The molecule has 2 unspecified atom stereocenters. The molecule has 0 spiro atoms. The third-order valence-electron chi connectivity index (χ3n) is 10.7. The van der Waals surface area contributed by atoms with Gasteiger partial charge in [-0.1, -0.05) is 46.2 Å². The van der Waals surface area contributed by atoms with Crippen LogP contribution in [0.2, 0.25) is 0 Å². The maximum absolute atomic E-state index is 16.0. The van der Waals surface area contributed by atoms with Crippen molar-refractivity contribution in [3.8, 4) is 5.88 Å². The van der Waals surface area contributed by atoms with Gasteiger partial charge in [-0.3, -0.25) is 9.59 Å². The Morgan fingerprint density at radius 2 is 1.80 bits per heavy atom. The van der Waals surface area contributed by atoms with Crippen LogP contribution in [0.4, 0.5) is 8.78 Å². The molecular formula is C34H43F2N3O5. The average molecular weight is 612 g/mol. The molecule has 2 saturated carbocycles. The van der Waals surface area contributed by atoms with Crippen molar-refractivity contribution in [2.45, 2.75) is 103 Å². The molecule has 3 heterocycles. The maximum atomic E-state index is 16.0. The first kappa shape index (κ1) is 30.8. The van der Waals surface area contributed by atoms with E-state index in [4.69, 9.17) is 9.47 Å². The number of alkyl halides is 2. The largest absolute Gasteiger partial charge is 0.471 e. The molecule has 1 aromatic heterocycles. The van der Waals surface area contributed by atoms with Gasteiger partial charge in [-0.2, -0.15) is 8.78 Å². The quantitative estimate of drug-likeness (QED) is 0.284. The number of ether oxygens (including phenoxy) is 2. The fourth-order valence-electron chi connectivity index (χ4n) is 8.03. The predicted molar refractivity (Wildman–Crippen MR) is 159 cm³/mol. The second kappa shape index (κ2) is 11.0. The summed E-state index contributed by atoms with van der Waals surface area (Å²) in [5.41, 5.74) is -1.06. The van der Waals surface area contributed by atoms with Gasteiger partial charge in [0.25, 0.3) is 5.92 Å². The lowest BCUT2D eigenvalue weighted by Gasteiger charge is -2.37. The van der Waals surface area contributed by atoms with Crippen molar-refractivity contribution in [2.24, 2.45) is 35.0 Å². The van der Waals surface area contributed by atoms with Gasteiger partial charge in [0, 0.05) is 18.3 Å². The average Bonchev–Trinajstić information content (AvgIpc) is 3.54. The van der Waals surface area contributed by atoms with Crippen molar-refractivity contribution < 1.29 is 32.6 Å². The summed E-state index contributed by atoms with van der Waals surface area (Å²) >= 11 is 0. The monoisotopic (exact) mass is 611 g/mol. The molecule has 0 radical (unpaired) electrons. The molecule has 2 aliphatic heterocycles. The van der Waals surface area contributed by atoms with Crippen molar-refractivity contribution in [3.05, 3.63) is 30.0 Å². The highest BCUT2D eigenvalue weighted by molar-refractivity contribution is 5.87. The van der Waals surface area contributed by atoms with Crippen LogP contribution in [0, 0.1) is 35.0 Å². The SMILES string of the molecule is C[C@@H]1[C@@H]2CN(C(=O)[C@H](C(C)(C)C)CC(=O)O[C@]3(C)CC4CC4[C@H]3CCCCC(F)(F)c3nc4ccccc4nc3O2)[C@@H]1C=O. The van der Waals surface area contributed by atoms with Crippen LogP contribution in [-0.2, 0) is 25.0 Å². The van der Waals surface area contributed by atoms with Gasteiger partial charge in [0.1, 0.15) is 18.0 Å². The molecule has 10 heteroatoms. The number of carbonyl (C=O) groups is 3. The first-order valence-corrected chi connectivity index (χ1v) is 16.0. The number of rotatable bonds is 1. The van der Waals surface area contributed by atoms with E-state index in [1.807, 2.05) is 27.7 Å². The Labute approximate surface area is 257 Å². The summed E-state index contributed by atoms with van der Waals surface area (Å²) in [6.07, 6.45) is 2.73. The van der Waals surface area contributed by atoms with Gasteiger partial charge >= 0.3 is 5.97 Å². The van der Waals surface area contributed by atoms with E-state index in [0.717, 1.165) is 12.8 Å². The Morgan fingerprint density at radius 3 is 2.48 bits per heavy atom. The first-order chi connectivity index (χ1) is 20.7. The highest BCUT2D eigenvalue weighted by Gasteiger charge is 2.60. The summed E-state index contributed by atoms with van der Waals surface area (Å²) in [7, 11) is 0. The van der Waals surface area contributed by atoms with Crippen LogP contribution in [0.1, 0.15) is 85.3 Å². The topological polar surface area (TPSA) is 98.7 Å². The van der Waals surface area contributed by atoms with Crippen molar-refractivity contribution in [3.63, 3.8) is 0 Å². The normalized spacial score (nSPS) is 35.9. The summed E-state index contributed by atoms with van der Waals surface area (Å²) in [5.74, 6) is -4.62. The number of aldehydes is 1. The van der Waals surface area contributed by atoms with Crippen LogP contribution in [0.25, 0.3) is 11.0 Å². The van der Waals surface area contributed by atoms with E-state index in [1.54, 1.807) is 31.2 Å². The third-order valence-corrected chi connectivity index (χ3v) is 10.7. The van der Waals surface area contributed by atoms with E-state index in [-0.39, 0.29) is 37.1 Å². The fraction of sp³-hybridized carbons (Fsp3) is 0.676. The lowest BCUT2D eigenvalue weighted by Crippen LogP contribution is -2.47. The number of aromatic nitrogens is 2. The highest BCUT2D eigenvalue weighted by atomic mass is 19.3. The Balaban J connectivity index is 1.40. The molecule has 238 valence electrons. The number of fused-ring (bicyclic) bond motifs is 7. The van der Waals surface area contributed by atoms with Gasteiger partial charge in [-0.15, -0.1) is 0 Å². The number of benzene rings is 1. The highest BCUT2D eigenvalue weighted by Crippen LogP contribution is 2.62. The molecule has 8 atom stereocenters. The summed E-state index contributed by atoms with van der Waals surface area (Å²) in [6, 6.07) is 5.96. The molecule has 3 fully saturated rings. The molecule has 6 rings (SSSR count).